The predicted molar refractivity (Wildman–Crippen MR) is 82.0 cm³/mol. The molecule has 6 heteroatoms. The van der Waals surface area contributed by atoms with E-state index in [1.54, 1.807) is 13.0 Å². The van der Waals surface area contributed by atoms with Gasteiger partial charge in [-0.3, -0.25) is 4.79 Å². The Hall–Kier alpha value is -2.60. The third-order valence-electron chi connectivity index (χ3n) is 4.26. The number of methoxy groups -OCH3 is 1. The van der Waals surface area contributed by atoms with E-state index in [1.165, 1.54) is 13.2 Å². The standard InChI is InChI=1S/C17H16O6/c1-7-13-9(5-11(19)14(7)17(22)23-2)3-8-4-10(18)6-12(20)15(8)16(13)21/h3,5,10,18-19,21H,4,6H2,1-2H3/t10-/m1/s1. The number of aromatic hydroxyl groups is 2. The molecular weight excluding hydrogens is 300 g/mol. The van der Waals surface area contributed by atoms with Gasteiger partial charge in [0.15, 0.2) is 5.78 Å². The van der Waals surface area contributed by atoms with E-state index >= 15 is 0 Å². The summed E-state index contributed by atoms with van der Waals surface area (Å²) < 4.78 is 4.65. The number of hydrogen-bond acceptors (Lipinski definition) is 6. The molecule has 3 N–H and O–H groups in total. The van der Waals surface area contributed by atoms with E-state index in [2.05, 4.69) is 4.74 Å². The highest BCUT2D eigenvalue weighted by Crippen LogP contribution is 2.41. The quantitative estimate of drug-likeness (QED) is 0.693. The molecule has 1 aliphatic carbocycles. The first kappa shape index (κ1) is 15.3. The van der Waals surface area contributed by atoms with Crippen LogP contribution in [-0.2, 0) is 11.2 Å². The summed E-state index contributed by atoms with van der Waals surface area (Å²) in [5.41, 5.74) is 1.00. The van der Waals surface area contributed by atoms with E-state index in [1.807, 2.05) is 0 Å². The molecule has 2 aromatic rings. The van der Waals surface area contributed by atoms with Gasteiger partial charge >= 0.3 is 5.97 Å². The van der Waals surface area contributed by atoms with Crippen LogP contribution in [0.15, 0.2) is 12.1 Å². The summed E-state index contributed by atoms with van der Waals surface area (Å²) in [6, 6.07) is 3.00. The second-order valence-electron chi connectivity index (χ2n) is 5.73. The fourth-order valence-corrected chi connectivity index (χ4v) is 3.26. The van der Waals surface area contributed by atoms with Gasteiger partial charge in [0.25, 0.3) is 0 Å². The number of carbonyl (C=O) groups excluding carboxylic acids is 2. The SMILES string of the molecule is COC(=O)c1c(O)cc2cc3c(c(O)c2c1C)C(=O)C[C@H](O)C3. The smallest absolute Gasteiger partial charge is 0.341 e. The molecule has 0 spiro atoms. The number of aliphatic hydroxyl groups is 1. The van der Waals surface area contributed by atoms with Gasteiger partial charge in [0.1, 0.15) is 17.1 Å². The van der Waals surface area contributed by atoms with Crippen LogP contribution in [0.3, 0.4) is 0 Å². The van der Waals surface area contributed by atoms with Crippen LogP contribution in [0.25, 0.3) is 10.8 Å². The number of ketones is 1. The molecule has 6 nitrogen and oxygen atoms in total. The molecule has 0 amide bonds. The lowest BCUT2D eigenvalue weighted by atomic mass is 9.84. The Balaban J connectivity index is 2.39. The lowest BCUT2D eigenvalue weighted by Crippen LogP contribution is -2.24. The van der Waals surface area contributed by atoms with E-state index in [0.717, 1.165) is 0 Å². The van der Waals surface area contributed by atoms with E-state index in [4.69, 9.17) is 0 Å². The Bertz CT molecular complexity index is 852. The van der Waals surface area contributed by atoms with E-state index < -0.39 is 12.1 Å². The molecule has 0 aromatic heterocycles. The summed E-state index contributed by atoms with van der Waals surface area (Å²) in [5, 5.41) is 31.2. The van der Waals surface area contributed by atoms with Crippen molar-refractivity contribution in [2.24, 2.45) is 0 Å². The van der Waals surface area contributed by atoms with Gasteiger partial charge in [-0.15, -0.1) is 0 Å². The molecule has 0 bridgehead atoms. The molecule has 0 aliphatic heterocycles. The van der Waals surface area contributed by atoms with Gasteiger partial charge in [-0.2, -0.15) is 0 Å². The van der Waals surface area contributed by atoms with E-state index in [-0.39, 0.29) is 41.3 Å². The Morgan fingerprint density at radius 1 is 1.26 bits per heavy atom. The van der Waals surface area contributed by atoms with Crippen LogP contribution in [-0.4, -0.2) is 40.3 Å². The van der Waals surface area contributed by atoms with Crippen LogP contribution in [0, 0.1) is 6.92 Å². The van der Waals surface area contributed by atoms with Crippen molar-refractivity contribution in [3.8, 4) is 11.5 Å². The maximum Gasteiger partial charge on any atom is 0.341 e. The summed E-state index contributed by atoms with van der Waals surface area (Å²) in [4.78, 5) is 24.0. The van der Waals surface area contributed by atoms with Crippen molar-refractivity contribution in [1.29, 1.82) is 0 Å². The highest BCUT2D eigenvalue weighted by molar-refractivity contribution is 6.10. The molecule has 120 valence electrons. The minimum Gasteiger partial charge on any atom is -0.507 e. The van der Waals surface area contributed by atoms with Crippen LogP contribution >= 0.6 is 0 Å². The minimum atomic E-state index is -0.782. The van der Waals surface area contributed by atoms with Gasteiger partial charge in [-0.1, -0.05) is 0 Å². The minimum absolute atomic E-state index is 0.0430. The van der Waals surface area contributed by atoms with Crippen LogP contribution < -0.4 is 0 Å². The molecular formula is C17H16O6. The number of phenols is 2. The lowest BCUT2D eigenvalue weighted by molar-refractivity contribution is 0.0596. The number of carbonyl (C=O) groups is 2. The third kappa shape index (κ3) is 2.22. The zero-order chi connectivity index (χ0) is 16.9. The van der Waals surface area contributed by atoms with E-state index in [0.29, 0.717) is 21.9 Å². The first-order valence-corrected chi connectivity index (χ1v) is 7.15. The van der Waals surface area contributed by atoms with Crippen molar-refractivity contribution >= 4 is 22.5 Å². The maximum absolute atomic E-state index is 12.2. The zero-order valence-corrected chi connectivity index (χ0v) is 12.7. The monoisotopic (exact) mass is 316 g/mol. The number of rotatable bonds is 1. The van der Waals surface area contributed by atoms with Crippen LogP contribution in [0.4, 0.5) is 0 Å². The second kappa shape index (κ2) is 5.24. The number of aliphatic hydroxyl groups excluding tert-OH is 1. The van der Waals surface area contributed by atoms with Gasteiger partial charge in [0.2, 0.25) is 0 Å². The van der Waals surface area contributed by atoms with Crippen molar-refractivity contribution in [1.82, 2.24) is 0 Å². The summed E-state index contributed by atoms with van der Waals surface area (Å²) in [5.74, 6) is -1.55. The number of fused-ring (bicyclic) bond motifs is 2. The highest BCUT2D eigenvalue weighted by atomic mass is 16.5. The summed E-state index contributed by atoms with van der Waals surface area (Å²) in [6.07, 6.45) is -0.577. The summed E-state index contributed by atoms with van der Waals surface area (Å²) in [7, 11) is 1.20. The zero-order valence-electron chi connectivity index (χ0n) is 12.7. The molecule has 0 fully saturated rings. The fraction of sp³-hybridized carbons (Fsp3) is 0.294. The number of benzene rings is 2. The van der Waals surface area contributed by atoms with Crippen molar-refractivity contribution in [2.75, 3.05) is 7.11 Å². The number of esters is 1. The largest absolute Gasteiger partial charge is 0.507 e. The molecule has 0 unspecified atom stereocenters. The van der Waals surface area contributed by atoms with Crippen molar-refractivity contribution in [3.05, 3.63) is 34.4 Å². The molecule has 0 radical (unpaired) electrons. The van der Waals surface area contributed by atoms with E-state index in [9.17, 15) is 24.9 Å². The van der Waals surface area contributed by atoms with Crippen LogP contribution in [0.2, 0.25) is 0 Å². The van der Waals surface area contributed by atoms with Gasteiger partial charge in [0.05, 0.1) is 18.8 Å². The first-order chi connectivity index (χ1) is 10.8. The lowest BCUT2D eigenvalue weighted by Gasteiger charge is -2.22. The number of aryl methyl sites for hydroxylation is 1. The fourth-order valence-electron chi connectivity index (χ4n) is 3.26. The normalized spacial score (nSPS) is 17.2. The molecule has 0 saturated heterocycles. The number of phenolic OH excluding ortho intramolecular Hbond substituents is 2. The molecule has 0 heterocycles. The Kier molecular flexibility index (Phi) is 3.49. The van der Waals surface area contributed by atoms with Crippen LogP contribution in [0.1, 0.15) is 38.3 Å². The molecule has 23 heavy (non-hydrogen) atoms. The molecule has 3 rings (SSSR count). The van der Waals surface area contributed by atoms with Gasteiger partial charge in [-0.05, 0) is 42.0 Å². The molecule has 2 aromatic carbocycles. The van der Waals surface area contributed by atoms with Gasteiger partial charge in [-0.25, -0.2) is 4.79 Å². The molecule has 1 aliphatic rings. The van der Waals surface area contributed by atoms with Crippen molar-refractivity contribution < 1.29 is 29.6 Å². The average Bonchev–Trinajstić information content (AvgIpc) is 2.45. The summed E-state index contributed by atoms with van der Waals surface area (Å²) >= 11 is 0. The molecule has 0 saturated carbocycles. The van der Waals surface area contributed by atoms with Gasteiger partial charge < -0.3 is 20.1 Å². The number of ether oxygens (including phenoxy) is 1. The van der Waals surface area contributed by atoms with Crippen molar-refractivity contribution in [2.45, 2.75) is 25.9 Å². The number of Topliss-reactive ketones (excluding diaryl/α,β-unsaturated/α-hetero) is 1. The predicted octanol–water partition coefficient (Wildman–Crippen LogP) is 1.84. The Labute approximate surface area is 131 Å². The second-order valence-corrected chi connectivity index (χ2v) is 5.73. The first-order valence-electron chi connectivity index (χ1n) is 7.15. The summed E-state index contributed by atoms with van der Waals surface area (Å²) in [6.45, 7) is 1.57. The van der Waals surface area contributed by atoms with Crippen molar-refractivity contribution in [3.63, 3.8) is 0 Å². The third-order valence-corrected chi connectivity index (χ3v) is 4.26. The van der Waals surface area contributed by atoms with Crippen LogP contribution in [0.5, 0.6) is 11.5 Å². The number of hydrogen-bond donors (Lipinski definition) is 3. The van der Waals surface area contributed by atoms with Gasteiger partial charge in [0, 0.05) is 11.8 Å². The Morgan fingerprint density at radius 2 is 1.96 bits per heavy atom. The highest BCUT2D eigenvalue weighted by Gasteiger charge is 2.29. The average molecular weight is 316 g/mol. The Morgan fingerprint density at radius 3 is 2.61 bits per heavy atom. The molecule has 1 atom stereocenters. The topological polar surface area (TPSA) is 104 Å². The maximum atomic E-state index is 12.2.